The molecule has 4 aromatic rings. The topological polar surface area (TPSA) is 151 Å². The number of nitrogens with two attached hydrogens (primary N) is 1. The normalized spacial score (nSPS) is 13.7. The first kappa shape index (κ1) is 24.2. The van der Waals surface area contributed by atoms with Crippen LogP contribution < -0.4 is 25.8 Å². The highest BCUT2D eigenvalue weighted by Crippen LogP contribution is 2.39. The molecule has 1 fully saturated rings. The predicted molar refractivity (Wildman–Crippen MR) is 133 cm³/mol. The third-order valence-corrected chi connectivity index (χ3v) is 6.44. The number of carbonyl (C=O) groups excluding carboxylic acids is 3. The molecule has 190 valence electrons. The highest BCUT2D eigenvalue weighted by molar-refractivity contribution is 6.37. The number of fused-ring (bicyclic) bond motifs is 1. The summed E-state index contributed by atoms with van der Waals surface area (Å²) in [5.74, 6) is -0.585. The van der Waals surface area contributed by atoms with Crippen LogP contribution >= 0.6 is 11.6 Å². The summed E-state index contributed by atoms with van der Waals surface area (Å²) in [4.78, 5) is 36.8. The summed E-state index contributed by atoms with van der Waals surface area (Å²) in [5.41, 5.74) is 6.50. The summed E-state index contributed by atoms with van der Waals surface area (Å²) in [6.45, 7) is 0.241. The number of methoxy groups -OCH3 is 1. The van der Waals surface area contributed by atoms with E-state index in [2.05, 4.69) is 15.8 Å². The fourth-order valence-electron chi connectivity index (χ4n) is 4.01. The van der Waals surface area contributed by atoms with Crippen LogP contribution in [0.3, 0.4) is 0 Å². The minimum atomic E-state index is -0.987. The number of nitrogens with zero attached hydrogens (tertiary/aromatic N) is 2. The standard InChI is InChI=1S/C25H22ClN5O6/c1-35-19-12-18(37-30-19)21(32)29-25(10-11-25)23(33)28-13-14-6-8-15(9-7-14)31-17-5-3-2-4-16(17)20(26)22(31)36-24(27)34/h2-9,12H,10-11,13H2,1H3,(H2,27,34)(H,28,33)(H,29,32). The van der Waals surface area contributed by atoms with Crippen LogP contribution in [0.15, 0.2) is 59.1 Å². The number of rotatable bonds is 8. The molecule has 2 heterocycles. The van der Waals surface area contributed by atoms with Gasteiger partial charge in [-0.1, -0.05) is 41.9 Å². The fourth-order valence-corrected chi connectivity index (χ4v) is 4.29. The van der Waals surface area contributed by atoms with Crippen molar-refractivity contribution in [2.75, 3.05) is 7.11 Å². The average molecular weight is 524 g/mol. The summed E-state index contributed by atoms with van der Waals surface area (Å²) >= 11 is 6.46. The van der Waals surface area contributed by atoms with E-state index >= 15 is 0 Å². The van der Waals surface area contributed by atoms with Gasteiger partial charge in [0.15, 0.2) is 0 Å². The highest BCUT2D eigenvalue weighted by atomic mass is 35.5. The van der Waals surface area contributed by atoms with E-state index in [-0.39, 0.29) is 35.0 Å². The van der Waals surface area contributed by atoms with Crippen LogP contribution in [0.2, 0.25) is 5.02 Å². The molecule has 0 bridgehead atoms. The SMILES string of the molecule is COc1cc(C(=O)NC2(C(=O)NCc3ccc(-n4c(OC(N)=O)c(Cl)c5ccccc54)cc3)CC2)on1. The Labute approximate surface area is 215 Å². The lowest BCUT2D eigenvalue weighted by Crippen LogP contribution is -2.48. The second kappa shape index (κ2) is 9.51. The molecular weight excluding hydrogens is 502 g/mol. The third kappa shape index (κ3) is 4.68. The van der Waals surface area contributed by atoms with Crippen molar-refractivity contribution < 1.29 is 28.4 Å². The van der Waals surface area contributed by atoms with Crippen molar-refractivity contribution in [1.82, 2.24) is 20.4 Å². The molecule has 0 spiro atoms. The van der Waals surface area contributed by atoms with E-state index in [0.29, 0.717) is 23.9 Å². The van der Waals surface area contributed by atoms with E-state index in [9.17, 15) is 14.4 Å². The molecule has 0 atom stereocenters. The van der Waals surface area contributed by atoms with Gasteiger partial charge in [0.05, 0.1) is 18.7 Å². The number of hydrogen-bond acceptors (Lipinski definition) is 7. The van der Waals surface area contributed by atoms with Gasteiger partial charge in [-0.25, -0.2) is 4.79 Å². The number of aromatic nitrogens is 2. The second-order valence-electron chi connectivity index (χ2n) is 8.51. The van der Waals surface area contributed by atoms with Gasteiger partial charge in [0, 0.05) is 17.6 Å². The molecule has 0 radical (unpaired) electrons. The molecule has 4 N–H and O–H groups in total. The molecule has 12 heteroatoms. The van der Waals surface area contributed by atoms with Gasteiger partial charge >= 0.3 is 6.09 Å². The molecule has 0 unspecified atom stereocenters. The van der Waals surface area contributed by atoms with Crippen LogP contribution in [0.1, 0.15) is 29.0 Å². The fraction of sp³-hybridized carbons (Fsp3) is 0.200. The zero-order valence-corrected chi connectivity index (χ0v) is 20.4. The minimum absolute atomic E-state index is 0.0381. The van der Waals surface area contributed by atoms with Crippen LogP contribution in [0.4, 0.5) is 4.79 Å². The van der Waals surface area contributed by atoms with Crippen LogP contribution in [0.25, 0.3) is 16.6 Å². The Morgan fingerprint density at radius 1 is 1.16 bits per heavy atom. The highest BCUT2D eigenvalue weighted by Gasteiger charge is 2.51. The van der Waals surface area contributed by atoms with E-state index in [0.717, 1.165) is 11.1 Å². The Morgan fingerprint density at radius 2 is 1.89 bits per heavy atom. The summed E-state index contributed by atoms with van der Waals surface area (Å²) in [6.07, 6.45) is 0.0476. The first-order valence-corrected chi connectivity index (χ1v) is 11.7. The number of primary amides is 1. The molecule has 3 amide bonds. The number of benzene rings is 2. The monoisotopic (exact) mass is 523 g/mol. The Balaban J connectivity index is 1.28. The molecule has 0 saturated heterocycles. The van der Waals surface area contributed by atoms with Gasteiger partial charge in [-0.15, -0.1) is 0 Å². The van der Waals surface area contributed by atoms with Crippen molar-refractivity contribution in [3.8, 4) is 17.4 Å². The van der Waals surface area contributed by atoms with Crippen molar-refractivity contribution >= 4 is 40.4 Å². The van der Waals surface area contributed by atoms with Gasteiger partial charge in [-0.2, -0.15) is 0 Å². The number of halogens is 1. The Kier molecular flexibility index (Phi) is 6.22. The molecule has 2 aromatic heterocycles. The van der Waals surface area contributed by atoms with Crippen LogP contribution in [-0.4, -0.2) is 40.3 Å². The van der Waals surface area contributed by atoms with Gasteiger partial charge in [0.2, 0.25) is 17.5 Å². The molecule has 0 aliphatic heterocycles. The van der Waals surface area contributed by atoms with Gasteiger partial charge < -0.3 is 30.4 Å². The lowest BCUT2D eigenvalue weighted by molar-refractivity contribution is -0.124. The number of para-hydroxylation sites is 1. The summed E-state index contributed by atoms with van der Waals surface area (Å²) < 4.78 is 16.7. The zero-order chi connectivity index (χ0) is 26.2. The Bertz CT molecular complexity index is 1510. The lowest BCUT2D eigenvalue weighted by Gasteiger charge is -2.16. The smallest absolute Gasteiger partial charge is 0.411 e. The van der Waals surface area contributed by atoms with Gasteiger partial charge in [0.25, 0.3) is 11.8 Å². The maximum atomic E-state index is 12.8. The number of ether oxygens (including phenoxy) is 2. The maximum Gasteiger partial charge on any atom is 0.411 e. The van der Waals surface area contributed by atoms with Gasteiger partial charge in [-0.3, -0.25) is 14.2 Å². The number of hydrogen-bond donors (Lipinski definition) is 3. The van der Waals surface area contributed by atoms with Crippen molar-refractivity contribution in [3.05, 3.63) is 70.9 Å². The molecule has 5 rings (SSSR count). The zero-order valence-electron chi connectivity index (χ0n) is 19.6. The molecule has 37 heavy (non-hydrogen) atoms. The maximum absolute atomic E-state index is 12.8. The van der Waals surface area contributed by atoms with E-state index in [1.165, 1.54) is 13.2 Å². The average Bonchev–Trinajstić information content (AvgIpc) is 3.41. The number of nitrogens with one attached hydrogen (secondary N) is 2. The van der Waals surface area contributed by atoms with Crippen LogP contribution in [0, 0.1) is 0 Å². The molecule has 1 saturated carbocycles. The molecule has 1 aliphatic rings. The summed E-state index contributed by atoms with van der Waals surface area (Å²) in [5, 5.41) is 10.2. The van der Waals surface area contributed by atoms with Crippen LogP contribution in [-0.2, 0) is 11.3 Å². The Hall–Kier alpha value is -4.51. The summed E-state index contributed by atoms with van der Waals surface area (Å²) in [6, 6.07) is 16.0. The first-order chi connectivity index (χ1) is 17.8. The predicted octanol–water partition coefficient (Wildman–Crippen LogP) is 3.32. The quantitative estimate of drug-likeness (QED) is 0.320. The second-order valence-corrected chi connectivity index (χ2v) is 8.89. The third-order valence-electron chi connectivity index (χ3n) is 6.08. The first-order valence-electron chi connectivity index (χ1n) is 11.3. The van der Waals surface area contributed by atoms with E-state index in [4.69, 9.17) is 31.3 Å². The van der Waals surface area contributed by atoms with Crippen molar-refractivity contribution in [3.63, 3.8) is 0 Å². The molecule has 11 nitrogen and oxygen atoms in total. The Morgan fingerprint density at radius 3 is 2.54 bits per heavy atom. The van der Waals surface area contributed by atoms with Gasteiger partial charge in [0.1, 0.15) is 10.6 Å². The van der Waals surface area contributed by atoms with Crippen molar-refractivity contribution in [1.29, 1.82) is 0 Å². The van der Waals surface area contributed by atoms with E-state index in [1.54, 1.807) is 4.57 Å². The van der Waals surface area contributed by atoms with E-state index < -0.39 is 17.5 Å². The minimum Gasteiger partial charge on any atom is -0.479 e. The number of carbonyl (C=O) groups is 3. The van der Waals surface area contributed by atoms with E-state index in [1.807, 2.05) is 48.5 Å². The molecular formula is C25H22ClN5O6. The molecule has 2 aromatic carbocycles. The van der Waals surface area contributed by atoms with Crippen molar-refractivity contribution in [2.45, 2.75) is 24.9 Å². The van der Waals surface area contributed by atoms with Crippen molar-refractivity contribution in [2.24, 2.45) is 5.73 Å². The lowest BCUT2D eigenvalue weighted by atomic mass is 10.1. The van der Waals surface area contributed by atoms with Crippen LogP contribution in [0.5, 0.6) is 11.8 Å². The number of amides is 3. The largest absolute Gasteiger partial charge is 0.479 e. The molecule has 1 aliphatic carbocycles. The van der Waals surface area contributed by atoms with Gasteiger partial charge in [-0.05, 0) is 41.8 Å². The summed E-state index contributed by atoms with van der Waals surface area (Å²) in [7, 11) is 1.41.